The van der Waals surface area contributed by atoms with E-state index in [-0.39, 0.29) is 25.5 Å². The molecule has 1 aromatic carbocycles. The lowest BCUT2D eigenvalue weighted by Crippen LogP contribution is -2.45. The van der Waals surface area contributed by atoms with Crippen molar-refractivity contribution in [2.24, 2.45) is 0 Å². The first-order chi connectivity index (χ1) is 11.8. The molecule has 0 bridgehead atoms. The van der Waals surface area contributed by atoms with Crippen molar-refractivity contribution >= 4 is 15.9 Å². The second-order valence-electron chi connectivity index (χ2n) is 5.95. The standard InChI is InChI=1S/C16H24FN3O4S/c1-25(22,23)20(7-6-19-8-10-24-11-9-19)13-16(21)18-12-14-2-4-15(17)5-3-14/h2-5H,6-13H2,1H3,(H,18,21). The van der Waals surface area contributed by atoms with Gasteiger partial charge in [-0.25, -0.2) is 12.8 Å². The summed E-state index contributed by atoms with van der Waals surface area (Å²) in [5.41, 5.74) is 0.744. The second kappa shape index (κ2) is 9.23. The van der Waals surface area contributed by atoms with Crippen LogP contribution in [0.1, 0.15) is 5.56 Å². The Morgan fingerprint density at radius 2 is 1.92 bits per heavy atom. The Bertz CT molecular complexity index is 660. The largest absolute Gasteiger partial charge is 0.379 e. The van der Waals surface area contributed by atoms with Crippen molar-refractivity contribution < 1.29 is 22.3 Å². The van der Waals surface area contributed by atoms with Crippen LogP contribution in [0.5, 0.6) is 0 Å². The maximum absolute atomic E-state index is 12.9. The normalized spacial score (nSPS) is 16.1. The summed E-state index contributed by atoms with van der Waals surface area (Å²) in [6, 6.07) is 5.77. The van der Waals surface area contributed by atoms with Gasteiger partial charge in [0.25, 0.3) is 0 Å². The number of halogens is 1. The molecule has 140 valence electrons. The smallest absolute Gasteiger partial charge is 0.235 e. The minimum Gasteiger partial charge on any atom is -0.379 e. The molecule has 1 aliphatic rings. The van der Waals surface area contributed by atoms with E-state index in [0.29, 0.717) is 19.8 Å². The quantitative estimate of drug-likeness (QED) is 0.696. The number of benzene rings is 1. The molecular formula is C16H24FN3O4S. The van der Waals surface area contributed by atoms with Crippen LogP contribution in [0.15, 0.2) is 24.3 Å². The average Bonchev–Trinajstić information content (AvgIpc) is 2.58. The summed E-state index contributed by atoms with van der Waals surface area (Å²) in [6.07, 6.45) is 1.10. The van der Waals surface area contributed by atoms with E-state index in [1.807, 2.05) is 0 Å². The van der Waals surface area contributed by atoms with E-state index >= 15 is 0 Å². The molecule has 2 rings (SSSR count). The van der Waals surface area contributed by atoms with Crippen LogP contribution < -0.4 is 5.32 Å². The highest BCUT2D eigenvalue weighted by atomic mass is 32.2. The lowest BCUT2D eigenvalue weighted by molar-refractivity contribution is -0.121. The summed E-state index contributed by atoms with van der Waals surface area (Å²) in [4.78, 5) is 14.2. The van der Waals surface area contributed by atoms with Crippen LogP contribution in [0.4, 0.5) is 4.39 Å². The van der Waals surface area contributed by atoms with Gasteiger partial charge in [-0.3, -0.25) is 9.69 Å². The van der Waals surface area contributed by atoms with E-state index in [1.54, 1.807) is 12.1 Å². The molecule has 0 atom stereocenters. The van der Waals surface area contributed by atoms with Crippen molar-refractivity contribution in [1.82, 2.24) is 14.5 Å². The maximum Gasteiger partial charge on any atom is 0.235 e. The van der Waals surface area contributed by atoms with Gasteiger partial charge in [-0.2, -0.15) is 4.31 Å². The Hall–Kier alpha value is -1.55. The van der Waals surface area contributed by atoms with Gasteiger partial charge < -0.3 is 10.1 Å². The molecule has 0 aliphatic carbocycles. The summed E-state index contributed by atoms with van der Waals surface area (Å²) in [5.74, 6) is -0.738. The molecule has 9 heteroatoms. The number of ether oxygens (including phenoxy) is 1. The van der Waals surface area contributed by atoms with Gasteiger partial charge in [0.1, 0.15) is 5.82 Å². The topological polar surface area (TPSA) is 79.0 Å². The number of rotatable bonds is 8. The minimum atomic E-state index is -3.48. The Balaban J connectivity index is 1.83. The highest BCUT2D eigenvalue weighted by Crippen LogP contribution is 2.04. The summed E-state index contributed by atoms with van der Waals surface area (Å²) in [6.45, 7) is 3.59. The molecule has 1 aromatic rings. The number of carbonyl (C=O) groups is 1. The first kappa shape index (κ1) is 19.8. The predicted molar refractivity (Wildman–Crippen MR) is 91.9 cm³/mol. The van der Waals surface area contributed by atoms with Crippen LogP contribution in [-0.2, 0) is 26.1 Å². The summed E-state index contributed by atoms with van der Waals surface area (Å²) in [7, 11) is -3.48. The average molecular weight is 373 g/mol. The molecule has 0 aromatic heterocycles. The van der Waals surface area contributed by atoms with Crippen LogP contribution in [0.3, 0.4) is 0 Å². The van der Waals surface area contributed by atoms with Crippen LogP contribution >= 0.6 is 0 Å². The number of sulfonamides is 1. The molecule has 7 nitrogen and oxygen atoms in total. The first-order valence-electron chi connectivity index (χ1n) is 8.11. The number of hydrogen-bond acceptors (Lipinski definition) is 5. The Morgan fingerprint density at radius 3 is 2.52 bits per heavy atom. The SMILES string of the molecule is CS(=O)(=O)N(CCN1CCOCC1)CC(=O)NCc1ccc(F)cc1. The zero-order valence-corrected chi connectivity index (χ0v) is 15.1. The van der Waals surface area contributed by atoms with E-state index in [2.05, 4.69) is 10.2 Å². The molecule has 1 heterocycles. The fraction of sp³-hybridized carbons (Fsp3) is 0.562. The van der Waals surface area contributed by atoms with Crippen LogP contribution in [0.25, 0.3) is 0 Å². The molecule has 1 N–H and O–H groups in total. The predicted octanol–water partition coefficient (Wildman–Crippen LogP) is 0.0357. The third kappa shape index (κ3) is 7.07. The summed E-state index contributed by atoms with van der Waals surface area (Å²) >= 11 is 0. The lowest BCUT2D eigenvalue weighted by atomic mass is 10.2. The fourth-order valence-electron chi connectivity index (χ4n) is 2.46. The maximum atomic E-state index is 12.9. The van der Waals surface area contributed by atoms with Crippen molar-refractivity contribution in [3.05, 3.63) is 35.6 Å². The van der Waals surface area contributed by atoms with Crippen LogP contribution in [0, 0.1) is 5.82 Å². The molecule has 0 saturated carbocycles. The summed E-state index contributed by atoms with van der Waals surface area (Å²) < 4.78 is 43.1. The van der Waals surface area contributed by atoms with E-state index in [0.717, 1.165) is 24.9 Å². The molecule has 1 amide bonds. The molecular weight excluding hydrogens is 349 g/mol. The summed E-state index contributed by atoms with van der Waals surface area (Å²) in [5, 5.41) is 2.66. The minimum absolute atomic E-state index is 0.222. The third-order valence-electron chi connectivity index (χ3n) is 3.96. The van der Waals surface area contributed by atoms with Crippen molar-refractivity contribution in [2.45, 2.75) is 6.54 Å². The Labute approximate surface area is 147 Å². The van der Waals surface area contributed by atoms with Gasteiger partial charge in [0.15, 0.2) is 0 Å². The zero-order valence-electron chi connectivity index (χ0n) is 14.3. The molecule has 1 aliphatic heterocycles. The fourth-order valence-corrected chi connectivity index (χ4v) is 3.22. The van der Waals surface area contributed by atoms with Crippen LogP contribution in [-0.4, -0.2) is 75.7 Å². The van der Waals surface area contributed by atoms with E-state index in [4.69, 9.17) is 4.74 Å². The molecule has 1 fully saturated rings. The van der Waals surface area contributed by atoms with E-state index < -0.39 is 15.9 Å². The Morgan fingerprint density at radius 1 is 1.28 bits per heavy atom. The highest BCUT2D eigenvalue weighted by Gasteiger charge is 2.21. The van der Waals surface area contributed by atoms with Crippen molar-refractivity contribution in [2.75, 3.05) is 52.2 Å². The zero-order chi connectivity index (χ0) is 18.3. The second-order valence-corrected chi connectivity index (χ2v) is 7.94. The van der Waals surface area contributed by atoms with Gasteiger partial charge in [-0.15, -0.1) is 0 Å². The van der Waals surface area contributed by atoms with Gasteiger partial charge in [0.2, 0.25) is 15.9 Å². The molecule has 0 spiro atoms. The highest BCUT2D eigenvalue weighted by molar-refractivity contribution is 7.88. The number of hydrogen-bond donors (Lipinski definition) is 1. The number of nitrogens with one attached hydrogen (secondary N) is 1. The monoisotopic (exact) mass is 373 g/mol. The van der Waals surface area contributed by atoms with Crippen molar-refractivity contribution in [3.63, 3.8) is 0 Å². The number of amides is 1. The van der Waals surface area contributed by atoms with Gasteiger partial charge in [-0.1, -0.05) is 12.1 Å². The first-order valence-corrected chi connectivity index (χ1v) is 9.96. The lowest BCUT2D eigenvalue weighted by Gasteiger charge is -2.29. The van der Waals surface area contributed by atoms with Gasteiger partial charge in [0.05, 0.1) is 26.0 Å². The number of nitrogens with zero attached hydrogens (tertiary/aromatic N) is 2. The van der Waals surface area contributed by atoms with E-state index in [1.165, 1.54) is 16.4 Å². The van der Waals surface area contributed by atoms with Crippen molar-refractivity contribution in [3.8, 4) is 0 Å². The van der Waals surface area contributed by atoms with Crippen LogP contribution in [0.2, 0.25) is 0 Å². The van der Waals surface area contributed by atoms with Gasteiger partial charge in [0, 0.05) is 32.7 Å². The Kier molecular flexibility index (Phi) is 7.30. The third-order valence-corrected chi connectivity index (χ3v) is 5.21. The van der Waals surface area contributed by atoms with Gasteiger partial charge in [-0.05, 0) is 17.7 Å². The van der Waals surface area contributed by atoms with Gasteiger partial charge >= 0.3 is 0 Å². The number of carbonyl (C=O) groups excluding carboxylic acids is 1. The molecule has 1 saturated heterocycles. The van der Waals surface area contributed by atoms with E-state index in [9.17, 15) is 17.6 Å². The number of morpholine rings is 1. The molecule has 25 heavy (non-hydrogen) atoms. The molecule has 0 unspecified atom stereocenters. The molecule has 0 radical (unpaired) electrons. The van der Waals surface area contributed by atoms with Crippen molar-refractivity contribution in [1.29, 1.82) is 0 Å².